The van der Waals surface area contributed by atoms with Crippen LogP contribution in [0.4, 0.5) is 4.79 Å². The van der Waals surface area contributed by atoms with Gasteiger partial charge in [-0.1, -0.05) is 24.1 Å². The SMILES string of the molecule is COc1ccc(Cn2n[c-]c3c4c(cnc32)CN(C(=O)Cl)CC4)cc1.[W]. The number of methoxy groups -OCH3 is 1. The zero-order valence-electron chi connectivity index (χ0n) is 14.1. The number of hydrogen-bond acceptors (Lipinski definition) is 4. The van der Waals surface area contributed by atoms with Crippen LogP contribution >= 0.6 is 11.6 Å². The van der Waals surface area contributed by atoms with Gasteiger partial charge in [-0.05, 0) is 35.5 Å². The van der Waals surface area contributed by atoms with Crippen molar-refractivity contribution >= 4 is 28.0 Å². The molecule has 0 fully saturated rings. The van der Waals surface area contributed by atoms with Crippen LogP contribution in [0.5, 0.6) is 5.75 Å². The van der Waals surface area contributed by atoms with E-state index in [1.54, 1.807) is 12.0 Å². The van der Waals surface area contributed by atoms with Crippen molar-refractivity contribution in [1.29, 1.82) is 0 Å². The van der Waals surface area contributed by atoms with Crippen LogP contribution < -0.4 is 4.74 Å². The fraction of sp³-hybridized carbons (Fsp3) is 0.278. The Kier molecular flexibility index (Phi) is 5.63. The number of carbonyl (C=O) groups is 1. The van der Waals surface area contributed by atoms with Gasteiger partial charge in [-0.25, -0.2) is 0 Å². The molecule has 0 spiro atoms. The zero-order chi connectivity index (χ0) is 17.4. The van der Waals surface area contributed by atoms with Gasteiger partial charge >= 0.3 is 5.37 Å². The van der Waals surface area contributed by atoms with Gasteiger partial charge in [0.2, 0.25) is 0 Å². The molecule has 4 rings (SSSR count). The Labute approximate surface area is 170 Å². The van der Waals surface area contributed by atoms with Crippen LogP contribution in [-0.2, 0) is 40.6 Å². The van der Waals surface area contributed by atoms with E-state index in [-0.39, 0.29) is 21.1 Å². The van der Waals surface area contributed by atoms with Crippen LogP contribution in [0.15, 0.2) is 30.5 Å². The van der Waals surface area contributed by atoms with Crippen LogP contribution in [0.2, 0.25) is 0 Å². The second kappa shape index (κ2) is 7.76. The molecule has 1 aliphatic heterocycles. The molecule has 3 aromatic rings. The second-order valence-corrected chi connectivity index (χ2v) is 6.33. The number of halogens is 1. The molecule has 0 N–H and O–H groups in total. The van der Waals surface area contributed by atoms with E-state index in [0.29, 0.717) is 19.6 Å². The summed E-state index contributed by atoms with van der Waals surface area (Å²) in [5.74, 6) is 0.825. The Balaban J connectivity index is 0.00000196. The van der Waals surface area contributed by atoms with Crippen molar-refractivity contribution in [3.63, 3.8) is 0 Å². The number of aromatic nitrogens is 3. The standard InChI is InChI=1S/C18H16ClN4O2.W/c1-25-14-4-2-12(3-5-14)10-23-17-16(9-21-23)15-6-7-22(18(19)24)11-13(15)8-20-17;/h2-5,8H,6-7,10-11H2,1H3;/q-1;. The molecule has 0 atom stereocenters. The molecule has 0 saturated heterocycles. The molecule has 3 heterocycles. The number of hydrogen-bond donors (Lipinski definition) is 0. The maximum atomic E-state index is 11.4. The van der Waals surface area contributed by atoms with Gasteiger partial charge in [0.1, 0.15) is 5.75 Å². The first-order valence-corrected chi connectivity index (χ1v) is 8.36. The van der Waals surface area contributed by atoms with Crippen molar-refractivity contribution in [1.82, 2.24) is 19.7 Å². The molecule has 0 saturated carbocycles. The predicted octanol–water partition coefficient (Wildman–Crippen LogP) is 3.00. The molecule has 26 heavy (non-hydrogen) atoms. The van der Waals surface area contributed by atoms with Crippen molar-refractivity contribution in [3.05, 3.63) is 53.3 Å². The number of nitrogens with zero attached hydrogens (tertiary/aromatic N) is 4. The van der Waals surface area contributed by atoms with Gasteiger partial charge < -0.3 is 19.3 Å². The monoisotopic (exact) mass is 539 g/mol. The van der Waals surface area contributed by atoms with Crippen molar-refractivity contribution < 1.29 is 30.6 Å². The molecule has 1 aromatic carbocycles. The average molecular weight is 540 g/mol. The van der Waals surface area contributed by atoms with Crippen molar-refractivity contribution in [2.24, 2.45) is 0 Å². The summed E-state index contributed by atoms with van der Waals surface area (Å²) in [6.45, 7) is 1.70. The third-order valence-corrected chi connectivity index (χ3v) is 4.75. The number of fused-ring (bicyclic) bond motifs is 3. The van der Waals surface area contributed by atoms with E-state index < -0.39 is 5.37 Å². The van der Waals surface area contributed by atoms with Crippen LogP contribution in [0, 0.1) is 6.20 Å². The number of benzene rings is 1. The summed E-state index contributed by atoms with van der Waals surface area (Å²) >= 11 is 5.59. The molecule has 8 heteroatoms. The van der Waals surface area contributed by atoms with Gasteiger partial charge in [-0.2, -0.15) is 0 Å². The Morgan fingerprint density at radius 3 is 2.81 bits per heavy atom. The Morgan fingerprint density at radius 1 is 1.35 bits per heavy atom. The maximum absolute atomic E-state index is 11.4. The summed E-state index contributed by atoms with van der Waals surface area (Å²) in [6, 6.07) is 7.87. The Hall–Kier alpha value is -1.91. The number of ether oxygens (including phenoxy) is 1. The van der Waals surface area contributed by atoms with Gasteiger partial charge in [0, 0.05) is 46.0 Å². The van der Waals surface area contributed by atoms with Crippen molar-refractivity contribution in [2.75, 3.05) is 13.7 Å². The van der Waals surface area contributed by atoms with Gasteiger partial charge in [-0.3, -0.25) is 9.89 Å². The van der Waals surface area contributed by atoms with Crippen LogP contribution in [-0.4, -0.2) is 38.7 Å². The fourth-order valence-corrected chi connectivity index (χ4v) is 3.31. The minimum absolute atomic E-state index is 0. The van der Waals surface area contributed by atoms with Gasteiger partial charge in [0.15, 0.2) is 0 Å². The molecule has 0 bridgehead atoms. The molecule has 0 aliphatic carbocycles. The number of rotatable bonds is 3. The number of pyridine rings is 1. The minimum Gasteiger partial charge on any atom is -0.497 e. The molecular weight excluding hydrogens is 524 g/mol. The maximum Gasteiger partial charge on any atom is 0.316 e. The predicted molar refractivity (Wildman–Crippen MR) is 93.8 cm³/mol. The summed E-state index contributed by atoms with van der Waals surface area (Å²) < 4.78 is 7.03. The van der Waals surface area contributed by atoms with E-state index in [1.165, 1.54) is 0 Å². The third-order valence-electron chi connectivity index (χ3n) is 4.52. The van der Waals surface area contributed by atoms with Gasteiger partial charge in [0.25, 0.3) is 0 Å². The topological polar surface area (TPSA) is 60.2 Å². The third kappa shape index (κ3) is 3.49. The molecule has 1 amide bonds. The van der Waals surface area contributed by atoms with Gasteiger partial charge in [0.05, 0.1) is 13.7 Å². The molecule has 0 radical (unpaired) electrons. The molecule has 6 nitrogen and oxygen atoms in total. The fourth-order valence-electron chi connectivity index (χ4n) is 3.17. The van der Waals surface area contributed by atoms with Gasteiger partial charge in [-0.15, -0.1) is 10.9 Å². The molecule has 2 aromatic heterocycles. The average Bonchev–Trinajstić information content (AvgIpc) is 3.05. The quantitative estimate of drug-likeness (QED) is 0.292. The zero-order valence-corrected chi connectivity index (χ0v) is 17.8. The normalized spacial score (nSPS) is 13.2. The number of carbonyl (C=O) groups excluding carboxylic acids is 1. The van der Waals surface area contributed by atoms with E-state index in [2.05, 4.69) is 16.3 Å². The molecule has 134 valence electrons. The smallest absolute Gasteiger partial charge is 0.316 e. The minimum atomic E-state index is -0.426. The first-order chi connectivity index (χ1) is 12.2. The largest absolute Gasteiger partial charge is 0.497 e. The Morgan fingerprint density at radius 2 is 2.12 bits per heavy atom. The second-order valence-electron chi connectivity index (χ2n) is 6.00. The summed E-state index contributed by atoms with van der Waals surface area (Å²) in [5.41, 5.74) is 4.07. The van der Waals surface area contributed by atoms with Crippen molar-refractivity contribution in [2.45, 2.75) is 19.5 Å². The number of amides is 1. The summed E-state index contributed by atoms with van der Waals surface area (Å²) in [4.78, 5) is 17.5. The molecular formula is C18H16ClN4O2W-. The van der Waals surface area contributed by atoms with Crippen LogP contribution in [0.3, 0.4) is 0 Å². The summed E-state index contributed by atoms with van der Waals surface area (Å²) in [5, 5.41) is 4.88. The Bertz CT molecular complexity index is 942. The first kappa shape index (κ1) is 18.9. The van der Waals surface area contributed by atoms with E-state index in [0.717, 1.165) is 39.9 Å². The first-order valence-electron chi connectivity index (χ1n) is 7.98. The van der Waals surface area contributed by atoms with E-state index in [4.69, 9.17) is 16.3 Å². The van der Waals surface area contributed by atoms with E-state index in [9.17, 15) is 4.79 Å². The van der Waals surface area contributed by atoms with E-state index in [1.807, 2.05) is 35.1 Å². The van der Waals surface area contributed by atoms with E-state index >= 15 is 0 Å². The summed E-state index contributed by atoms with van der Waals surface area (Å²) in [6.07, 6.45) is 5.64. The van der Waals surface area contributed by atoms with Crippen LogP contribution in [0.1, 0.15) is 16.7 Å². The molecule has 0 unspecified atom stereocenters. The van der Waals surface area contributed by atoms with Crippen molar-refractivity contribution in [3.8, 4) is 5.75 Å². The van der Waals surface area contributed by atoms with Crippen LogP contribution in [0.25, 0.3) is 11.0 Å². The summed E-state index contributed by atoms with van der Waals surface area (Å²) in [7, 11) is 1.65. The molecule has 1 aliphatic rings.